The lowest BCUT2D eigenvalue weighted by molar-refractivity contribution is -0.135. The fourth-order valence-corrected chi connectivity index (χ4v) is 3.92. The van der Waals surface area contributed by atoms with Crippen molar-refractivity contribution in [2.24, 2.45) is 5.73 Å². The predicted molar refractivity (Wildman–Crippen MR) is 88.3 cm³/mol. The molecule has 2 N–H and O–H groups in total. The van der Waals surface area contributed by atoms with Crippen LogP contribution in [0, 0.1) is 0 Å². The third-order valence-electron chi connectivity index (χ3n) is 3.73. The normalized spacial score (nSPS) is 18.0. The summed E-state index contributed by atoms with van der Waals surface area (Å²) in [7, 11) is 1.60. The average molecular weight is 376 g/mol. The number of nitrogens with zero attached hydrogens (tertiary/aromatic N) is 2. The highest BCUT2D eigenvalue weighted by atomic mass is 79.9. The van der Waals surface area contributed by atoms with Gasteiger partial charge in [0.25, 0.3) is 0 Å². The summed E-state index contributed by atoms with van der Waals surface area (Å²) in [4.78, 5) is 17.8. The largest absolute Gasteiger partial charge is 0.380 e. The molecule has 1 aliphatic rings. The molecule has 1 saturated heterocycles. The first-order valence-corrected chi connectivity index (χ1v) is 8.70. The second-order valence-electron chi connectivity index (χ2n) is 5.16. The average Bonchev–Trinajstić information content (AvgIpc) is 2.90. The maximum absolute atomic E-state index is 12.2. The van der Waals surface area contributed by atoms with Crippen molar-refractivity contribution in [3.8, 4) is 0 Å². The van der Waals surface area contributed by atoms with E-state index in [4.69, 9.17) is 10.5 Å². The van der Waals surface area contributed by atoms with Gasteiger partial charge in [-0.15, -0.1) is 11.3 Å². The summed E-state index contributed by atoms with van der Waals surface area (Å²) in [5.41, 5.74) is 5.56. The van der Waals surface area contributed by atoms with Crippen LogP contribution in [0.1, 0.15) is 11.3 Å². The summed E-state index contributed by atoms with van der Waals surface area (Å²) in [6, 6.07) is 4.23. The molecule has 0 aromatic carbocycles. The minimum atomic E-state index is -0.168. The summed E-state index contributed by atoms with van der Waals surface area (Å²) in [5, 5.41) is 0. The van der Waals surface area contributed by atoms with Crippen LogP contribution in [0.4, 0.5) is 0 Å². The predicted octanol–water partition coefficient (Wildman–Crippen LogP) is 1.52. The molecule has 5 nitrogen and oxygen atoms in total. The molecule has 118 valence electrons. The number of halogens is 1. The van der Waals surface area contributed by atoms with Crippen LogP contribution in [0.2, 0.25) is 0 Å². The van der Waals surface area contributed by atoms with Crippen LogP contribution in [0.15, 0.2) is 15.9 Å². The number of amides is 1. The van der Waals surface area contributed by atoms with Crippen molar-refractivity contribution in [1.82, 2.24) is 9.80 Å². The van der Waals surface area contributed by atoms with E-state index in [1.165, 1.54) is 8.66 Å². The van der Waals surface area contributed by atoms with Gasteiger partial charge in [-0.2, -0.15) is 0 Å². The van der Waals surface area contributed by atoms with Gasteiger partial charge in [-0.25, -0.2) is 0 Å². The fourth-order valence-electron chi connectivity index (χ4n) is 2.40. The van der Waals surface area contributed by atoms with Crippen molar-refractivity contribution in [1.29, 1.82) is 0 Å². The van der Waals surface area contributed by atoms with Gasteiger partial charge < -0.3 is 15.4 Å². The van der Waals surface area contributed by atoms with Gasteiger partial charge in [0.05, 0.1) is 16.3 Å². The second kappa shape index (κ2) is 8.24. The number of carbonyl (C=O) groups is 1. The van der Waals surface area contributed by atoms with Crippen molar-refractivity contribution in [3.05, 3.63) is 20.8 Å². The van der Waals surface area contributed by atoms with E-state index in [1.54, 1.807) is 18.4 Å². The van der Waals surface area contributed by atoms with Gasteiger partial charge in [-0.3, -0.25) is 9.69 Å². The van der Waals surface area contributed by atoms with Gasteiger partial charge >= 0.3 is 0 Å². The molecular weight excluding hydrogens is 354 g/mol. The maximum Gasteiger partial charge on any atom is 0.225 e. The molecule has 21 heavy (non-hydrogen) atoms. The third kappa shape index (κ3) is 5.03. The van der Waals surface area contributed by atoms with E-state index in [0.29, 0.717) is 13.0 Å². The zero-order chi connectivity index (χ0) is 15.2. The van der Waals surface area contributed by atoms with E-state index in [1.807, 2.05) is 4.90 Å². The lowest BCUT2D eigenvalue weighted by atomic mass is 10.2. The molecule has 0 saturated carbocycles. The number of piperazine rings is 1. The van der Waals surface area contributed by atoms with Crippen LogP contribution in [-0.4, -0.2) is 61.6 Å². The molecule has 1 atom stereocenters. The molecule has 2 heterocycles. The Morgan fingerprint density at radius 3 is 2.67 bits per heavy atom. The topological polar surface area (TPSA) is 58.8 Å². The van der Waals surface area contributed by atoms with Gasteiger partial charge in [0.2, 0.25) is 5.91 Å². The Bertz CT molecular complexity index is 457. The lowest BCUT2D eigenvalue weighted by Crippen LogP contribution is -2.49. The molecule has 1 unspecified atom stereocenters. The molecule has 0 radical (unpaired) electrons. The third-order valence-corrected chi connectivity index (χ3v) is 5.34. The SMILES string of the molecule is COC(CN)CC(=O)N1CCN(Cc2ccc(Br)s2)CC1. The van der Waals surface area contributed by atoms with E-state index in [2.05, 4.69) is 33.0 Å². The highest BCUT2D eigenvalue weighted by molar-refractivity contribution is 9.11. The number of hydrogen-bond donors (Lipinski definition) is 1. The van der Waals surface area contributed by atoms with Crippen LogP contribution in [0.5, 0.6) is 0 Å². The van der Waals surface area contributed by atoms with Gasteiger partial charge in [0.15, 0.2) is 0 Å². The number of nitrogens with two attached hydrogens (primary N) is 1. The Morgan fingerprint density at radius 1 is 1.43 bits per heavy atom. The van der Waals surface area contributed by atoms with Crippen LogP contribution in [0.25, 0.3) is 0 Å². The van der Waals surface area contributed by atoms with Crippen LogP contribution < -0.4 is 5.73 Å². The molecule has 1 amide bonds. The number of hydrogen-bond acceptors (Lipinski definition) is 5. The first-order chi connectivity index (χ1) is 10.1. The van der Waals surface area contributed by atoms with Crippen molar-refractivity contribution < 1.29 is 9.53 Å². The molecule has 0 spiro atoms. The van der Waals surface area contributed by atoms with Crippen LogP contribution in [0.3, 0.4) is 0 Å². The van der Waals surface area contributed by atoms with Gasteiger partial charge in [0.1, 0.15) is 0 Å². The van der Waals surface area contributed by atoms with E-state index < -0.39 is 0 Å². The molecule has 0 aliphatic carbocycles. The molecule has 2 rings (SSSR count). The molecule has 1 fully saturated rings. The number of thiophene rings is 1. The van der Waals surface area contributed by atoms with E-state index >= 15 is 0 Å². The van der Waals surface area contributed by atoms with Crippen molar-refractivity contribution in [2.45, 2.75) is 19.1 Å². The minimum Gasteiger partial charge on any atom is -0.380 e. The Balaban J connectivity index is 1.76. The quantitative estimate of drug-likeness (QED) is 0.818. The molecular formula is C14H22BrN3O2S. The molecule has 1 aromatic heterocycles. The molecule has 1 aromatic rings. The zero-order valence-electron chi connectivity index (χ0n) is 12.3. The standard InChI is InChI=1S/C14H22BrN3O2S/c1-20-11(9-16)8-14(19)18-6-4-17(5-7-18)10-12-2-3-13(15)21-12/h2-3,11H,4-10,16H2,1H3. The molecule has 1 aliphatic heterocycles. The highest BCUT2D eigenvalue weighted by Gasteiger charge is 2.23. The summed E-state index contributed by atoms with van der Waals surface area (Å²) in [5.74, 6) is 0.144. The summed E-state index contributed by atoms with van der Waals surface area (Å²) in [6.07, 6.45) is 0.212. The van der Waals surface area contributed by atoms with Crippen molar-refractivity contribution >= 4 is 33.2 Å². The lowest BCUT2D eigenvalue weighted by Gasteiger charge is -2.35. The van der Waals surface area contributed by atoms with Crippen molar-refractivity contribution in [2.75, 3.05) is 39.8 Å². The zero-order valence-corrected chi connectivity index (χ0v) is 14.7. The van der Waals surface area contributed by atoms with E-state index in [9.17, 15) is 4.79 Å². The smallest absolute Gasteiger partial charge is 0.225 e. The molecule has 7 heteroatoms. The highest BCUT2D eigenvalue weighted by Crippen LogP contribution is 2.23. The maximum atomic E-state index is 12.2. The Labute approximate surface area is 138 Å². The Morgan fingerprint density at radius 2 is 2.14 bits per heavy atom. The van der Waals surface area contributed by atoms with Crippen LogP contribution in [-0.2, 0) is 16.1 Å². The van der Waals surface area contributed by atoms with E-state index in [0.717, 1.165) is 32.7 Å². The number of carbonyl (C=O) groups excluding carboxylic acids is 1. The van der Waals surface area contributed by atoms with Gasteiger partial charge in [0, 0.05) is 51.3 Å². The summed E-state index contributed by atoms with van der Waals surface area (Å²) < 4.78 is 6.34. The summed E-state index contributed by atoms with van der Waals surface area (Å²) >= 11 is 5.25. The van der Waals surface area contributed by atoms with Crippen molar-refractivity contribution in [3.63, 3.8) is 0 Å². The number of ether oxygens (including phenoxy) is 1. The van der Waals surface area contributed by atoms with Gasteiger partial charge in [-0.1, -0.05) is 0 Å². The first kappa shape index (κ1) is 16.9. The van der Waals surface area contributed by atoms with Crippen LogP contribution >= 0.6 is 27.3 Å². The second-order valence-corrected chi connectivity index (χ2v) is 7.71. The number of rotatable bonds is 6. The van der Waals surface area contributed by atoms with Gasteiger partial charge in [-0.05, 0) is 28.1 Å². The Hall–Kier alpha value is -0.470. The monoisotopic (exact) mass is 375 g/mol. The first-order valence-electron chi connectivity index (χ1n) is 7.09. The number of methoxy groups -OCH3 is 1. The molecule has 0 bridgehead atoms. The summed E-state index contributed by atoms with van der Waals surface area (Å²) in [6.45, 7) is 4.75. The minimum absolute atomic E-state index is 0.144. The fraction of sp³-hybridized carbons (Fsp3) is 0.643. The van der Waals surface area contributed by atoms with E-state index in [-0.39, 0.29) is 12.0 Å². The Kier molecular flexibility index (Phi) is 6.63.